The van der Waals surface area contributed by atoms with Gasteiger partial charge in [-0.15, -0.1) is 24.8 Å². The molecule has 0 radical (unpaired) electrons. The molecule has 0 amide bonds. The Morgan fingerprint density at radius 2 is 1.93 bits per heavy atom. The molecule has 2 fully saturated rings. The minimum absolute atomic E-state index is 0. The summed E-state index contributed by atoms with van der Waals surface area (Å²) in [5.41, 5.74) is 7.06. The van der Waals surface area contributed by atoms with E-state index < -0.39 is 0 Å². The Kier molecular flexibility index (Phi) is 8.38. The topological polar surface area (TPSA) is 109 Å². The van der Waals surface area contributed by atoms with E-state index in [2.05, 4.69) is 31.0 Å². The Bertz CT molecular complexity index is 718. The summed E-state index contributed by atoms with van der Waals surface area (Å²) in [5, 5.41) is 6.84. The van der Waals surface area contributed by atoms with Crippen LogP contribution >= 0.6 is 24.8 Å². The quantitative estimate of drug-likeness (QED) is 0.700. The summed E-state index contributed by atoms with van der Waals surface area (Å²) in [7, 11) is 1.68. The highest BCUT2D eigenvalue weighted by Gasteiger charge is 2.30. The number of piperazine rings is 1. The first-order chi connectivity index (χ1) is 12.7. The molecule has 2 aliphatic rings. The van der Waals surface area contributed by atoms with Crippen molar-refractivity contribution in [2.75, 3.05) is 38.2 Å². The zero-order chi connectivity index (χ0) is 17.9. The third-order valence-corrected chi connectivity index (χ3v) is 5.18. The molecule has 1 saturated heterocycles. The second kappa shape index (κ2) is 10.3. The molecule has 0 bridgehead atoms. The molecule has 3 N–H and O–H groups in total. The van der Waals surface area contributed by atoms with Crippen molar-refractivity contribution in [3.8, 4) is 0 Å². The number of hydrogen-bond donors (Lipinski definition) is 2. The standard InChI is InChI=1S/C17H26N8O.2ClH/c1-26-10-16-21-14(12-6-13(18)7-12)8-17(22-16)25-4-2-24(3-5-25)9-15-19-11-20-23-15;;/h8,11-13H,2-7,9-10,18H2,1H3,(H,19,20,23);2*1H. The summed E-state index contributed by atoms with van der Waals surface area (Å²) in [4.78, 5) is 18.3. The summed E-state index contributed by atoms with van der Waals surface area (Å²) in [6, 6.07) is 2.45. The monoisotopic (exact) mass is 430 g/mol. The number of aromatic nitrogens is 5. The molecule has 28 heavy (non-hydrogen) atoms. The van der Waals surface area contributed by atoms with Crippen molar-refractivity contribution in [2.24, 2.45) is 5.73 Å². The van der Waals surface area contributed by atoms with Crippen LogP contribution < -0.4 is 10.6 Å². The number of nitrogens with zero attached hydrogens (tertiary/aromatic N) is 6. The number of hydrogen-bond acceptors (Lipinski definition) is 8. The fourth-order valence-electron chi connectivity index (χ4n) is 3.63. The molecular formula is C17H28Cl2N8O. The van der Waals surface area contributed by atoms with Crippen LogP contribution in [-0.2, 0) is 17.9 Å². The summed E-state index contributed by atoms with van der Waals surface area (Å²) >= 11 is 0. The van der Waals surface area contributed by atoms with E-state index >= 15 is 0 Å². The van der Waals surface area contributed by atoms with Gasteiger partial charge in [0, 0.05) is 57.0 Å². The van der Waals surface area contributed by atoms with Crippen LogP contribution in [0.25, 0.3) is 0 Å². The lowest BCUT2D eigenvalue weighted by atomic mass is 9.78. The first-order valence-electron chi connectivity index (χ1n) is 9.15. The van der Waals surface area contributed by atoms with E-state index in [0.717, 1.165) is 68.7 Å². The van der Waals surface area contributed by atoms with Gasteiger partial charge in [-0.2, -0.15) is 5.10 Å². The molecule has 0 unspecified atom stereocenters. The van der Waals surface area contributed by atoms with Crippen LogP contribution in [0, 0.1) is 0 Å². The van der Waals surface area contributed by atoms with E-state index in [9.17, 15) is 0 Å². The fourth-order valence-corrected chi connectivity index (χ4v) is 3.63. The maximum atomic E-state index is 5.96. The molecule has 4 rings (SSSR count). The highest BCUT2D eigenvalue weighted by Crippen LogP contribution is 2.35. The number of methoxy groups -OCH3 is 1. The van der Waals surface area contributed by atoms with E-state index in [4.69, 9.17) is 20.4 Å². The van der Waals surface area contributed by atoms with E-state index in [1.165, 1.54) is 0 Å². The van der Waals surface area contributed by atoms with Crippen molar-refractivity contribution in [3.63, 3.8) is 0 Å². The highest BCUT2D eigenvalue weighted by molar-refractivity contribution is 5.85. The van der Waals surface area contributed by atoms with Crippen molar-refractivity contribution < 1.29 is 4.74 Å². The molecule has 11 heteroatoms. The van der Waals surface area contributed by atoms with Gasteiger partial charge in [0.05, 0.1) is 6.54 Å². The second-order valence-electron chi connectivity index (χ2n) is 7.12. The minimum atomic E-state index is 0. The van der Waals surface area contributed by atoms with E-state index in [0.29, 0.717) is 18.6 Å². The number of nitrogens with two attached hydrogens (primary N) is 1. The lowest BCUT2D eigenvalue weighted by molar-refractivity contribution is 0.177. The van der Waals surface area contributed by atoms with Crippen molar-refractivity contribution in [1.29, 1.82) is 0 Å². The Morgan fingerprint density at radius 1 is 1.18 bits per heavy atom. The molecule has 0 spiro atoms. The Hall–Kier alpha value is -1.52. The lowest BCUT2D eigenvalue weighted by Gasteiger charge is -2.36. The third kappa shape index (κ3) is 5.30. The predicted molar refractivity (Wildman–Crippen MR) is 111 cm³/mol. The van der Waals surface area contributed by atoms with Crippen LogP contribution in [0.2, 0.25) is 0 Å². The van der Waals surface area contributed by atoms with Gasteiger partial charge in [0.1, 0.15) is 24.6 Å². The number of aromatic amines is 1. The van der Waals surface area contributed by atoms with Crippen LogP contribution in [0.5, 0.6) is 0 Å². The predicted octanol–water partition coefficient (Wildman–Crippen LogP) is 1.11. The highest BCUT2D eigenvalue weighted by atomic mass is 35.5. The number of anilines is 1. The number of nitrogens with one attached hydrogen (secondary N) is 1. The molecule has 156 valence electrons. The fraction of sp³-hybridized carbons (Fsp3) is 0.647. The smallest absolute Gasteiger partial charge is 0.156 e. The van der Waals surface area contributed by atoms with Gasteiger partial charge in [0.2, 0.25) is 0 Å². The normalized spacial score (nSPS) is 22.1. The Balaban J connectivity index is 0.00000140. The van der Waals surface area contributed by atoms with Crippen molar-refractivity contribution in [2.45, 2.75) is 38.0 Å². The second-order valence-corrected chi connectivity index (χ2v) is 7.12. The van der Waals surface area contributed by atoms with Crippen LogP contribution in [0.1, 0.15) is 36.1 Å². The molecule has 2 aromatic heterocycles. The summed E-state index contributed by atoms with van der Waals surface area (Å²) in [6.07, 6.45) is 3.57. The maximum Gasteiger partial charge on any atom is 0.156 e. The molecule has 1 aliphatic carbocycles. The molecule has 0 aromatic carbocycles. The van der Waals surface area contributed by atoms with Gasteiger partial charge in [-0.3, -0.25) is 10.00 Å². The number of rotatable bonds is 6. The van der Waals surface area contributed by atoms with Gasteiger partial charge in [-0.05, 0) is 12.8 Å². The largest absolute Gasteiger partial charge is 0.377 e. The molecular weight excluding hydrogens is 403 g/mol. The van der Waals surface area contributed by atoms with Crippen molar-refractivity contribution in [3.05, 3.63) is 29.7 Å². The molecule has 9 nitrogen and oxygen atoms in total. The molecule has 1 saturated carbocycles. The number of H-pyrrole nitrogens is 1. The van der Waals surface area contributed by atoms with Gasteiger partial charge >= 0.3 is 0 Å². The summed E-state index contributed by atoms with van der Waals surface area (Å²) in [5.74, 6) is 3.12. The van der Waals surface area contributed by atoms with Gasteiger partial charge in [-0.1, -0.05) is 0 Å². The van der Waals surface area contributed by atoms with E-state index in [-0.39, 0.29) is 24.8 Å². The van der Waals surface area contributed by atoms with Crippen LogP contribution in [-0.4, -0.2) is 69.4 Å². The van der Waals surface area contributed by atoms with Crippen LogP contribution in [0.3, 0.4) is 0 Å². The lowest BCUT2D eigenvalue weighted by Crippen LogP contribution is -2.46. The van der Waals surface area contributed by atoms with Crippen LogP contribution in [0.4, 0.5) is 5.82 Å². The Morgan fingerprint density at radius 3 is 2.54 bits per heavy atom. The third-order valence-electron chi connectivity index (χ3n) is 5.18. The first-order valence-corrected chi connectivity index (χ1v) is 9.15. The van der Waals surface area contributed by atoms with Crippen LogP contribution in [0.15, 0.2) is 12.4 Å². The van der Waals surface area contributed by atoms with E-state index in [1.807, 2.05) is 0 Å². The molecule has 2 aromatic rings. The molecule has 1 aliphatic heterocycles. The van der Waals surface area contributed by atoms with E-state index in [1.54, 1.807) is 13.4 Å². The van der Waals surface area contributed by atoms with Crippen molar-refractivity contribution >= 4 is 30.6 Å². The number of ether oxygens (including phenoxy) is 1. The van der Waals surface area contributed by atoms with Gasteiger partial charge in [0.25, 0.3) is 0 Å². The van der Waals surface area contributed by atoms with Gasteiger partial charge in [-0.25, -0.2) is 15.0 Å². The maximum absolute atomic E-state index is 5.96. The number of halogens is 2. The minimum Gasteiger partial charge on any atom is -0.377 e. The summed E-state index contributed by atoms with van der Waals surface area (Å²) in [6.45, 7) is 5.03. The Labute approximate surface area is 177 Å². The van der Waals surface area contributed by atoms with Gasteiger partial charge in [0.15, 0.2) is 5.82 Å². The first kappa shape index (κ1) is 22.8. The zero-order valence-electron chi connectivity index (χ0n) is 16.0. The molecule has 0 atom stereocenters. The van der Waals surface area contributed by atoms with Gasteiger partial charge < -0.3 is 15.4 Å². The SMILES string of the molecule is COCc1nc(C2CC(N)C2)cc(N2CCN(Cc3ncn[nH]3)CC2)n1.Cl.Cl. The average Bonchev–Trinajstić information content (AvgIpc) is 3.13. The average molecular weight is 431 g/mol. The van der Waals surface area contributed by atoms with Crippen molar-refractivity contribution in [1.82, 2.24) is 30.0 Å². The summed E-state index contributed by atoms with van der Waals surface area (Å²) < 4.78 is 5.26. The molecule has 3 heterocycles. The zero-order valence-corrected chi connectivity index (χ0v) is 17.6.